The zero-order valence-electron chi connectivity index (χ0n) is 10.7. The predicted octanol–water partition coefficient (Wildman–Crippen LogP) is 2.96. The second-order valence-corrected chi connectivity index (χ2v) is 4.67. The van der Waals surface area contributed by atoms with Crippen molar-refractivity contribution in [2.75, 3.05) is 5.73 Å². The lowest BCUT2D eigenvalue weighted by Crippen LogP contribution is -2.00. The van der Waals surface area contributed by atoms with E-state index in [4.69, 9.17) is 10.5 Å². The molecule has 0 fully saturated rings. The molecule has 2 N–H and O–H groups in total. The van der Waals surface area contributed by atoms with Crippen molar-refractivity contribution in [1.82, 2.24) is 4.98 Å². The number of hydrogen-bond donors (Lipinski definition) is 1. The molecular formula is C15H12FN3O. The Labute approximate surface area is 115 Å². The molecular weight excluding hydrogens is 257 g/mol. The van der Waals surface area contributed by atoms with Gasteiger partial charge in [-0.15, -0.1) is 0 Å². The fraction of sp³-hybridized carbons (Fsp3) is 0.200. The van der Waals surface area contributed by atoms with Crippen molar-refractivity contribution in [1.29, 1.82) is 5.26 Å². The van der Waals surface area contributed by atoms with Gasteiger partial charge >= 0.3 is 0 Å². The normalized spacial score (nSPS) is 12.8. The molecule has 0 unspecified atom stereocenters. The highest BCUT2D eigenvalue weighted by molar-refractivity contribution is 5.55. The van der Waals surface area contributed by atoms with Crippen LogP contribution in [-0.4, -0.2) is 4.98 Å². The van der Waals surface area contributed by atoms with Gasteiger partial charge in [0.25, 0.3) is 0 Å². The Balaban J connectivity index is 2.05. The number of ether oxygens (including phenoxy) is 1. The van der Waals surface area contributed by atoms with Gasteiger partial charge in [0, 0.05) is 5.69 Å². The van der Waals surface area contributed by atoms with Crippen LogP contribution < -0.4 is 10.5 Å². The SMILES string of the molecule is N#Cc1cc2c(nc1Oc1c(N)cccc1F)CCC2. The van der Waals surface area contributed by atoms with Gasteiger partial charge in [0.05, 0.1) is 5.69 Å². The molecule has 0 bridgehead atoms. The quantitative estimate of drug-likeness (QED) is 0.851. The summed E-state index contributed by atoms with van der Waals surface area (Å²) in [6.45, 7) is 0. The summed E-state index contributed by atoms with van der Waals surface area (Å²) in [5.41, 5.74) is 8.15. The molecule has 1 aromatic heterocycles. The Bertz CT molecular complexity index is 702. The van der Waals surface area contributed by atoms with Gasteiger partial charge in [0.2, 0.25) is 5.88 Å². The van der Waals surface area contributed by atoms with Gasteiger partial charge in [-0.1, -0.05) is 6.07 Å². The lowest BCUT2D eigenvalue weighted by atomic mass is 10.1. The summed E-state index contributed by atoms with van der Waals surface area (Å²) in [6.07, 6.45) is 2.78. The number of nitrogens with two attached hydrogens (primary N) is 1. The van der Waals surface area contributed by atoms with E-state index in [1.54, 1.807) is 6.07 Å². The van der Waals surface area contributed by atoms with Gasteiger partial charge in [0.1, 0.15) is 11.6 Å². The molecule has 100 valence electrons. The van der Waals surface area contributed by atoms with Crippen LogP contribution >= 0.6 is 0 Å². The zero-order chi connectivity index (χ0) is 14.1. The third-order valence-electron chi connectivity index (χ3n) is 3.33. The summed E-state index contributed by atoms with van der Waals surface area (Å²) in [6, 6.07) is 8.09. The average Bonchev–Trinajstić information content (AvgIpc) is 2.89. The summed E-state index contributed by atoms with van der Waals surface area (Å²) >= 11 is 0. The Morgan fingerprint density at radius 3 is 2.95 bits per heavy atom. The van der Waals surface area contributed by atoms with Gasteiger partial charge in [-0.05, 0) is 43.0 Å². The first kappa shape index (κ1) is 12.4. The summed E-state index contributed by atoms with van der Waals surface area (Å²) in [5, 5.41) is 9.17. The second-order valence-electron chi connectivity index (χ2n) is 4.67. The van der Waals surface area contributed by atoms with Gasteiger partial charge in [-0.3, -0.25) is 0 Å². The van der Waals surface area contributed by atoms with Crippen molar-refractivity contribution in [3.63, 3.8) is 0 Å². The maximum absolute atomic E-state index is 13.7. The molecule has 1 aliphatic carbocycles. The third-order valence-corrected chi connectivity index (χ3v) is 3.33. The highest BCUT2D eigenvalue weighted by Crippen LogP contribution is 2.33. The smallest absolute Gasteiger partial charge is 0.237 e. The number of hydrogen-bond acceptors (Lipinski definition) is 4. The Hall–Kier alpha value is -2.61. The molecule has 4 nitrogen and oxygen atoms in total. The number of benzene rings is 1. The molecule has 3 rings (SSSR count). The Kier molecular flexibility index (Phi) is 2.99. The number of aromatic nitrogens is 1. The van der Waals surface area contributed by atoms with E-state index in [0.29, 0.717) is 5.56 Å². The topological polar surface area (TPSA) is 71.9 Å². The van der Waals surface area contributed by atoms with Crippen molar-refractivity contribution in [2.45, 2.75) is 19.3 Å². The first-order chi connectivity index (χ1) is 9.69. The molecule has 5 heteroatoms. The number of fused-ring (bicyclic) bond motifs is 1. The van der Waals surface area contributed by atoms with Crippen LogP contribution in [0.4, 0.5) is 10.1 Å². The minimum Gasteiger partial charge on any atom is -0.432 e. The van der Waals surface area contributed by atoms with E-state index in [0.717, 1.165) is 30.5 Å². The van der Waals surface area contributed by atoms with Crippen LogP contribution in [0.25, 0.3) is 0 Å². The molecule has 0 atom stereocenters. The number of nitrogen functional groups attached to an aromatic ring is 1. The minimum atomic E-state index is -0.573. The fourth-order valence-electron chi connectivity index (χ4n) is 2.34. The molecule has 0 radical (unpaired) electrons. The monoisotopic (exact) mass is 269 g/mol. The summed E-state index contributed by atoms with van der Waals surface area (Å²) in [5.74, 6) is -0.546. The standard InChI is InChI=1S/C15H12FN3O/c16-11-4-2-5-12(18)14(11)20-15-10(8-17)7-9-3-1-6-13(9)19-15/h2,4-5,7H,1,3,6,18H2. The van der Waals surface area contributed by atoms with E-state index < -0.39 is 5.82 Å². The molecule has 0 saturated carbocycles. The molecule has 1 aromatic carbocycles. The molecule has 0 amide bonds. The van der Waals surface area contributed by atoms with Crippen LogP contribution in [0, 0.1) is 17.1 Å². The molecule has 2 aromatic rings. The zero-order valence-corrected chi connectivity index (χ0v) is 10.7. The molecule has 20 heavy (non-hydrogen) atoms. The largest absolute Gasteiger partial charge is 0.432 e. The van der Waals surface area contributed by atoms with E-state index in [1.165, 1.54) is 18.2 Å². The number of pyridine rings is 1. The number of nitriles is 1. The maximum atomic E-state index is 13.7. The van der Waals surface area contributed by atoms with E-state index in [1.807, 2.05) is 6.07 Å². The van der Waals surface area contributed by atoms with Crippen LogP contribution in [-0.2, 0) is 12.8 Å². The number of aryl methyl sites for hydroxylation is 2. The van der Waals surface area contributed by atoms with Crippen LogP contribution in [0.5, 0.6) is 11.6 Å². The van der Waals surface area contributed by atoms with Crippen LogP contribution in [0.1, 0.15) is 23.2 Å². The second kappa shape index (κ2) is 4.82. The number of anilines is 1. The predicted molar refractivity (Wildman–Crippen MR) is 71.9 cm³/mol. The molecule has 0 saturated heterocycles. The third kappa shape index (κ3) is 2.05. The van der Waals surface area contributed by atoms with Gasteiger partial charge in [0.15, 0.2) is 11.6 Å². The fourth-order valence-corrected chi connectivity index (χ4v) is 2.34. The van der Waals surface area contributed by atoms with Crippen LogP contribution in [0.15, 0.2) is 24.3 Å². The maximum Gasteiger partial charge on any atom is 0.237 e. The lowest BCUT2D eigenvalue weighted by molar-refractivity contribution is 0.427. The first-order valence-electron chi connectivity index (χ1n) is 6.34. The van der Waals surface area contributed by atoms with E-state index in [2.05, 4.69) is 4.98 Å². The van der Waals surface area contributed by atoms with Crippen molar-refractivity contribution >= 4 is 5.69 Å². The van der Waals surface area contributed by atoms with E-state index >= 15 is 0 Å². The molecule has 1 aliphatic rings. The molecule has 0 spiro atoms. The highest BCUT2D eigenvalue weighted by atomic mass is 19.1. The van der Waals surface area contributed by atoms with Crippen molar-refractivity contribution in [2.24, 2.45) is 0 Å². The first-order valence-corrected chi connectivity index (χ1v) is 6.34. The highest BCUT2D eigenvalue weighted by Gasteiger charge is 2.19. The van der Waals surface area contributed by atoms with Crippen LogP contribution in [0.2, 0.25) is 0 Å². The molecule has 0 aliphatic heterocycles. The minimum absolute atomic E-state index is 0.0885. The number of para-hydroxylation sites is 1. The summed E-state index contributed by atoms with van der Waals surface area (Å²) in [7, 11) is 0. The van der Waals surface area contributed by atoms with Crippen LogP contribution in [0.3, 0.4) is 0 Å². The number of rotatable bonds is 2. The molecule has 1 heterocycles. The number of nitrogens with zero attached hydrogens (tertiary/aromatic N) is 2. The van der Waals surface area contributed by atoms with Gasteiger partial charge < -0.3 is 10.5 Å². The average molecular weight is 269 g/mol. The lowest BCUT2D eigenvalue weighted by Gasteiger charge is -2.11. The van der Waals surface area contributed by atoms with Gasteiger partial charge in [-0.25, -0.2) is 9.37 Å². The van der Waals surface area contributed by atoms with E-state index in [-0.39, 0.29) is 17.3 Å². The Morgan fingerprint density at radius 2 is 2.20 bits per heavy atom. The summed E-state index contributed by atoms with van der Waals surface area (Å²) < 4.78 is 19.2. The summed E-state index contributed by atoms with van der Waals surface area (Å²) in [4.78, 5) is 4.33. The van der Waals surface area contributed by atoms with Gasteiger partial charge in [-0.2, -0.15) is 5.26 Å². The Morgan fingerprint density at radius 1 is 1.35 bits per heavy atom. The van der Waals surface area contributed by atoms with Crippen molar-refractivity contribution in [3.8, 4) is 17.7 Å². The van der Waals surface area contributed by atoms with E-state index in [9.17, 15) is 9.65 Å². The van der Waals surface area contributed by atoms with Crippen molar-refractivity contribution < 1.29 is 9.13 Å². The number of halogens is 1. The van der Waals surface area contributed by atoms with Crippen molar-refractivity contribution in [3.05, 3.63) is 46.9 Å².